The molecule has 1 N–H and O–H groups in total. The van der Waals surface area contributed by atoms with E-state index in [1.807, 2.05) is 48.6 Å². The van der Waals surface area contributed by atoms with Gasteiger partial charge in [-0.3, -0.25) is 4.79 Å². The van der Waals surface area contributed by atoms with Gasteiger partial charge in [0.25, 0.3) is 5.91 Å². The van der Waals surface area contributed by atoms with Gasteiger partial charge in [-0.05, 0) is 34.5 Å². The van der Waals surface area contributed by atoms with Crippen molar-refractivity contribution in [1.29, 1.82) is 0 Å². The van der Waals surface area contributed by atoms with E-state index < -0.39 is 0 Å². The fraction of sp³-hybridized carbons (Fsp3) is 0.462. The fourth-order valence-corrected chi connectivity index (χ4v) is 4.84. The summed E-state index contributed by atoms with van der Waals surface area (Å²) < 4.78 is 0.896. The van der Waals surface area contributed by atoms with E-state index in [1.54, 1.807) is 0 Å². The van der Waals surface area contributed by atoms with Crippen LogP contribution in [-0.2, 0) is 0 Å². The number of thioether (sulfide) groups is 2. The van der Waals surface area contributed by atoms with Crippen molar-refractivity contribution < 1.29 is 4.79 Å². The molecule has 0 radical (unpaired) electrons. The standard InChI is InChI=1S/C13H16BrNOS2/c1-9-3-2-4-11(12(9)14)13(16)15-7-10-8-17-5-6-18-10/h2-4,10H,5-8H2,1H3,(H,15,16). The molecular weight excluding hydrogens is 330 g/mol. The van der Waals surface area contributed by atoms with Gasteiger partial charge in [-0.25, -0.2) is 0 Å². The minimum absolute atomic E-state index is 0.0155. The van der Waals surface area contributed by atoms with Gasteiger partial charge in [-0.15, -0.1) is 0 Å². The first-order valence-corrected chi connectivity index (χ1v) is 8.91. The molecule has 0 aromatic heterocycles. The van der Waals surface area contributed by atoms with Crippen molar-refractivity contribution in [3.8, 4) is 0 Å². The first kappa shape index (κ1) is 14.3. The van der Waals surface area contributed by atoms with Gasteiger partial charge in [0.05, 0.1) is 5.56 Å². The Kier molecular flexibility index (Phi) is 5.45. The number of carbonyl (C=O) groups is 1. The van der Waals surface area contributed by atoms with Gasteiger partial charge in [-0.1, -0.05) is 12.1 Å². The van der Waals surface area contributed by atoms with Crippen LogP contribution in [0, 0.1) is 6.92 Å². The van der Waals surface area contributed by atoms with Crippen LogP contribution in [0.4, 0.5) is 0 Å². The average molecular weight is 346 g/mol. The normalized spacial score (nSPS) is 19.6. The second-order valence-corrected chi connectivity index (χ2v) is 7.57. The van der Waals surface area contributed by atoms with Crippen LogP contribution in [0.2, 0.25) is 0 Å². The summed E-state index contributed by atoms with van der Waals surface area (Å²) >= 11 is 7.41. The molecule has 1 aromatic carbocycles. The van der Waals surface area contributed by atoms with Crippen LogP contribution in [0.3, 0.4) is 0 Å². The molecule has 1 heterocycles. The molecule has 98 valence electrons. The van der Waals surface area contributed by atoms with Crippen molar-refractivity contribution in [1.82, 2.24) is 5.32 Å². The van der Waals surface area contributed by atoms with E-state index in [4.69, 9.17) is 0 Å². The zero-order valence-electron chi connectivity index (χ0n) is 10.2. The van der Waals surface area contributed by atoms with Gasteiger partial charge >= 0.3 is 0 Å². The lowest BCUT2D eigenvalue weighted by Gasteiger charge is -2.21. The zero-order valence-corrected chi connectivity index (χ0v) is 13.5. The Morgan fingerprint density at radius 2 is 2.33 bits per heavy atom. The van der Waals surface area contributed by atoms with Crippen molar-refractivity contribution in [3.05, 3.63) is 33.8 Å². The molecule has 1 atom stereocenters. The fourth-order valence-electron chi connectivity index (χ4n) is 1.78. The van der Waals surface area contributed by atoms with Gasteiger partial charge < -0.3 is 5.32 Å². The van der Waals surface area contributed by atoms with Gasteiger partial charge in [0.2, 0.25) is 0 Å². The number of hydrogen-bond acceptors (Lipinski definition) is 3. The van der Waals surface area contributed by atoms with Crippen molar-refractivity contribution in [2.45, 2.75) is 12.2 Å². The van der Waals surface area contributed by atoms with Crippen LogP contribution in [-0.4, -0.2) is 35.0 Å². The van der Waals surface area contributed by atoms with Gasteiger partial charge in [0, 0.05) is 33.5 Å². The van der Waals surface area contributed by atoms with Crippen molar-refractivity contribution in [2.75, 3.05) is 23.8 Å². The number of rotatable bonds is 3. The van der Waals surface area contributed by atoms with E-state index >= 15 is 0 Å². The number of halogens is 1. The lowest BCUT2D eigenvalue weighted by molar-refractivity contribution is 0.0953. The third-order valence-corrected chi connectivity index (χ3v) is 6.71. The first-order valence-electron chi connectivity index (χ1n) is 5.91. The number of nitrogens with one attached hydrogen (secondary N) is 1. The van der Waals surface area contributed by atoms with Gasteiger partial charge in [0.15, 0.2) is 0 Å². The Balaban J connectivity index is 1.93. The Hall–Kier alpha value is -0.130. The number of benzene rings is 1. The summed E-state index contributed by atoms with van der Waals surface area (Å²) in [6.07, 6.45) is 0. The molecule has 0 spiro atoms. The molecule has 0 bridgehead atoms. The second-order valence-electron chi connectivity index (χ2n) is 4.21. The topological polar surface area (TPSA) is 29.1 Å². The summed E-state index contributed by atoms with van der Waals surface area (Å²) in [6, 6.07) is 5.77. The van der Waals surface area contributed by atoms with E-state index in [9.17, 15) is 4.79 Å². The smallest absolute Gasteiger partial charge is 0.252 e. The maximum atomic E-state index is 12.1. The average Bonchev–Trinajstić information content (AvgIpc) is 2.40. The highest BCUT2D eigenvalue weighted by atomic mass is 79.9. The number of aryl methyl sites for hydroxylation is 1. The van der Waals surface area contributed by atoms with Crippen LogP contribution in [0.25, 0.3) is 0 Å². The summed E-state index contributed by atoms with van der Waals surface area (Å²) in [4.78, 5) is 12.1. The van der Waals surface area contributed by atoms with E-state index in [1.165, 1.54) is 11.5 Å². The van der Waals surface area contributed by atoms with E-state index in [-0.39, 0.29) is 5.91 Å². The molecule has 1 aliphatic rings. The molecule has 18 heavy (non-hydrogen) atoms. The second kappa shape index (κ2) is 6.87. The van der Waals surface area contributed by atoms with Crippen molar-refractivity contribution in [3.63, 3.8) is 0 Å². The van der Waals surface area contributed by atoms with E-state index in [2.05, 4.69) is 21.2 Å². The summed E-state index contributed by atoms with van der Waals surface area (Å²) in [5.74, 6) is 3.58. The monoisotopic (exact) mass is 345 g/mol. The first-order chi connectivity index (χ1) is 8.68. The molecule has 2 rings (SSSR count). The molecule has 0 aliphatic carbocycles. The molecule has 1 saturated heterocycles. The van der Waals surface area contributed by atoms with Crippen molar-refractivity contribution in [2.24, 2.45) is 0 Å². The van der Waals surface area contributed by atoms with Crippen molar-refractivity contribution >= 4 is 45.4 Å². The highest BCUT2D eigenvalue weighted by Crippen LogP contribution is 2.24. The quantitative estimate of drug-likeness (QED) is 0.910. The summed E-state index contributed by atoms with van der Waals surface area (Å²) in [5.41, 5.74) is 1.81. The third-order valence-electron chi connectivity index (χ3n) is 2.81. The maximum Gasteiger partial charge on any atom is 0.252 e. The summed E-state index contributed by atoms with van der Waals surface area (Å²) in [5, 5.41) is 3.59. The SMILES string of the molecule is Cc1cccc(C(=O)NCC2CSCCS2)c1Br. The molecular formula is C13H16BrNOS2. The highest BCUT2D eigenvalue weighted by Gasteiger charge is 2.17. The number of amides is 1. The zero-order chi connectivity index (χ0) is 13.0. The summed E-state index contributed by atoms with van der Waals surface area (Å²) in [7, 11) is 0. The Morgan fingerprint density at radius 3 is 3.06 bits per heavy atom. The molecule has 1 aromatic rings. The Labute approximate surface area is 125 Å². The van der Waals surface area contributed by atoms with Crippen LogP contribution >= 0.6 is 39.5 Å². The van der Waals surface area contributed by atoms with Crippen LogP contribution < -0.4 is 5.32 Å². The molecule has 1 unspecified atom stereocenters. The molecule has 1 fully saturated rings. The lowest BCUT2D eigenvalue weighted by Crippen LogP contribution is -2.33. The molecule has 5 heteroatoms. The number of carbonyl (C=O) groups excluding carboxylic acids is 1. The molecule has 1 aliphatic heterocycles. The van der Waals surface area contributed by atoms with Crippen LogP contribution in [0.5, 0.6) is 0 Å². The minimum Gasteiger partial charge on any atom is -0.351 e. The lowest BCUT2D eigenvalue weighted by atomic mass is 10.1. The van der Waals surface area contributed by atoms with Crippen LogP contribution in [0.15, 0.2) is 22.7 Å². The Morgan fingerprint density at radius 1 is 1.50 bits per heavy atom. The van der Waals surface area contributed by atoms with E-state index in [0.29, 0.717) is 5.25 Å². The van der Waals surface area contributed by atoms with Crippen LogP contribution in [0.1, 0.15) is 15.9 Å². The molecule has 0 saturated carbocycles. The molecule has 1 amide bonds. The maximum absolute atomic E-state index is 12.1. The summed E-state index contributed by atoms with van der Waals surface area (Å²) in [6.45, 7) is 2.76. The van der Waals surface area contributed by atoms with E-state index in [0.717, 1.165) is 27.9 Å². The Bertz CT molecular complexity index is 433. The largest absolute Gasteiger partial charge is 0.351 e. The van der Waals surface area contributed by atoms with Gasteiger partial charge in [0.1, 0.15) is 0 Å². The minimum atomic E-state index is 0.0155. The third kappa shape index (κ3) is 3.68. The predicted octanol–water partition coefficient (Wildman–Crippen LogP) is 3.34. The molecule has 2 nitrogen and oxygen atoms in total. The highest BCUT2D eigenvalue weighted by molar-refractivity contribution is 9.10. The van der Waals surface area contributed by atoms with Gasteiger partial charge in [-0.2, -0.15) is 23.5 Å². The predicted molar refractivity (Wildman–Crippen MR) is 84.8 cm³/mol. The number of hydrogen-bond donors (Lipinski definition) is 1.